The van der Waals surface area contributed by atoms with Crippen LogP contribution in [0.1, 0.15) is 26.2 Å². The van der Waals surface area contributed by atoms with Gasteiger partial charge < -0.3 is 15.5 Å². The number of rotatable bonds is 6. The molecule has 1 aliphatic heterocycles. The monoisotopic (exact) mass is 318 g/mol. The second-order valence-corrected chi connectivity index (χ2v) is 5.35. The maximum atomic E-state index is 11.7. The van der Waals surface area contributed by atoms with Gasteiger partial charge in [-0.1, -0.05) is 6.92 Å². The highest BCUT2D eigenvalue weighted by molar-refractivity contribution is 5.96. The van der Waals surface area contributed by atoms with E-state index in [1.807, 2.05) is 31.2 Å². The Hall–Kier alpha value is -2.57. The zero-order chi connectivity index (χ0) is 16.7. The number of hydrogen-bond acceptors (Lipinski definition) is 4. The first kappa shape index (κ1) is 16.8. The summed E-state index contributed by atoms with van der Waals surface area (Å²) in [5, 5.41) is 7.75. The Balaban J connectivity index is 1.78. The Morgan fingerprint density at radius 2 is 1.96 bits per heavy atom. The maximum absolute atomic E-state index is 11.7. The van der Waals surface area contributed by atoms with Crippen molar-refractivity contribution < 1.29 is 14.4 Å². The third-order valence-electron chi connectivity index (χ3n) is 3.49. The number of hydrogen-bond donors (Lipinski definition) is 3. The van der Waals surface area contributed by atoms with Gasteiger partial charge in [0.25, 0.3) is 0 Å². The number of carbonyl (C=O) groups is 3. The molecular formula is C16H22N4O3. The number of amides is 4. The summed E-state index contributed by atoms with van der Waals surface area (Å²) in [5.74, 6) is -0.263. The van der Waals surface area contributed by atoms with Gasteiger partial charge in [0, 0.05) is 30.9 Å². The third-order valence-corrected chi connectivity index (χ3v) is 3.49. The number of carbonyl (C=O) groups excluding carboxylic acids is 3. The molecule has 0 aromatic heterocycles. The van der Waals surface area contributed by atoms with E-state index in [0.717, 1.165) is 30.8 Å². The standard InChI is InChI=1S/C16H22N4O3/c1-2-9-17-16(23)19-14(21)11-18-12-5-7-13(8-6-12)20-10-3-4-15(20)22/h5-8,18H,2-4,9-11H2,1H3,(H2,17,19,21,23). The first-order valence-corrected chi connectivity index (χ1v) is 7.82. The second kappa shape index (κ2) is 8.17. The van der Waals surface area contributed by atoms with Crippen molar-refractivity contribution >= 4 is 29.2 Å². The number of benzene rings is 1. The molecule has 7 heteroatoms. The van der Waals surface area contributed by atoms with Crippen LogP contribution in [0.15, 0.2) is 24.3 Å². The highest BCUT2D eigenvalue weighted by Gasteiger charge is 2.21. The molecule has 1 aromatic carbocycles. The molecule has 1 fully saturated rings. The summed E-state index contributed by atoms with van der Waals surface area (Å²) in [6.45, 7) is 3.22. The highest BCUT2D eigenvalue weighted by atomic mass is 16.2. The van der Waals surface area contributed by atoms with Crippen molar-refractivity contribution in [3.63, 3.8) is 0 Å². The van der Waals surface area contributed by atoms with Gasteiger partial charge in [-0.15, -0.1) is 0 Å². The van der Waals surface area contributed by atoms with Crippen molar-refractivity contribution in [1.82, 2.24) is 10.6 Å². The fourth-order valence-corrected chi connectivity index (χ4v) is 2.32. The molecule has 0 saturated carbocycles. The van der Waals surface area contributed by atoms with Crippen LogP contribution in [0.25, 0.3) is 0 Å². The zero-order valence-electron chi connectivity index (χ0n) is 13.2. The van der Waals surface area contributed by atoms with E-state index in [2.05, 4.69) is 16.0 Å². The molecule has 0 spiro atoms. The molecule has 1 saturated heterocycles. The van der Waals surface area contributed by atoms with Gasteiger partial charge in [0.2, 0.25) is 11.8 Å². The molecule has 4 amide bonds. The quantitative estimate of drug-likeness (QED) is 0.740. The summed E-state index contributed by atoms with van der Waals surface area (Å²) in [6, 6.07) is 6.83. The molecule has 1 aromatic rings. The van der Waals surface area contributed by atoms with Gasteiger partial charge in [0.05, 0.1) is 6.54 Å². The van der Waals surface area contributed by atoms with Crippen molar-refractivity contribution in [3.05, 3.63) is 24.3 Å². The largest absolute Gasteiger partial charge is 0.376 e. The Kier molecular flexibility index (Phi) is 5.96. The van der Waals surface area contributed by atoms with Gasteiger partial charge in [-0.2, -0.15) is 0 Å². The smallest absolute Gasteiger partial charge is 0.321 e. The number of nitrogens with zero attached hydrogens (tertiary/aromatic N) is 1. The molecule has 1 heterocycles. The number of nitrogens with one attached hydrogen (secondary N) is 3. The van der Waals surface area contributed by atoms with Crippen molar-refractivity contribution in [1.29, 1.82) is 0 Å². The van der Waals surface area contributed by atoms with Gasteiger partial charge in [-0.3, -0.25) is 14.9 Å². The van der Waals surface area contributed by atoms with Gasteiger partial charge >= 0.3 is 6.03 Å². The van der Waals surface area contributed by atoms with E-state index in [4.69, 9.17) is 0 Å². The third kappa shape index (κ3) is 4.98. The average Bonchev–Trinajstić information content (AvgIpc) is 2.97. The highest BCUT2D eigenvalue weighted by Crippen LogP contribution is 2.22. The normalized spacial score (nSPS) is 13.8. The molecule has 0 bridgehead atoms. The molecule has 0 radical (unpaired) electrons. The van der Waals surface area contributed by atoms with Crippen LogP contribution in [0.3, 0.4) is 0 Å². The van der Waals surface area contributed by atoms with Crippen LogP contribution in [0.4, 0.5) is 16.2 Å². The molecule has 124 valence electrons. The van der Waals surface area contributed by atoms with Crippen molar-refractivity contribution in [3.8, 4) is 0 Å². The van der Waals surface area contributed by atoms with Crippen LogP contribution in [0.5, 0.6) is 0 Å². The summed E-state index contributed by atoms with van der Waals surface area (Å²) in [7, 11) is 0. The summed E-state index contributed by atoms with van der Waals surface area (Å²) < 4.78 is 0. The summed E-state index contributed by atoms with van der Waals surface area (Å²) in [4.78, 5) is 36.4. The average molecular weight is 318 g/mol. The van der Waals surface area contributed by atoms with Crippen LogP contribution in [0.2, 0.25) is 0 Å². The Labute approximate surface area is 135 Å². The summed E-state index contributed by atoms with van der Waals surface area (Å²) in [5.41, 5.74) is 1.62. The van der Waals surface area contributed by atoms with E-state index >= 15 is 0 Å². The van der Waals surface area contributed by atoms with Gasteiger partial charge in [0.15, 0.2) is 0 Å². The predicted molar refractivity (Wildman–Crippen MR) is 88.4 cm³/mol. The van der Waals surface area contributed by atoms with Gasteiger partial charge in [-0.25, -0.2) is 4.79 Å². The SMILES string of the molecule is CCCNC(=O)NC(=O)CNc1ccc(N2CCCC2=O)cc1. The molecule has 23 heavy (non-hydrogen) atoms. The predicted octanol–water partition coefficient (Wildman–Crippen LogP) is 1.46. The van der Waals surface area contributed by atoms with Gasteiger partial charge in [-0.05, 0) is 37.1 Å². The van der Waals surface area contributed by atoms with E-state index < -0.39 is 11.9 Å². The van der Waals surface area contributed by atoms with E-state index in [0.29, 0.717) is 13.0 Å². The summed E-state index contributed by atoms with van der Waals surface area (Å²) >= 11 is 0. The minimum atomic E-state index is -0.485. The zero-order valence-corrected chi connectivity index (χ0v) is 13.2. The molecule has 0 atom stereocenters. The van der Waals surface area contributed by atoms with E-state index in [-0.39, 0.29) is 12.5 Å². The first-order valence-electron chi connectivity index (χ1n) is 7.82. The molecular weight excluding hydrogens is 296 g/mol. The molecule has 0 aliphatic carbocycles. The minimum absolute atomic E-state index is 0.00152. The molecule has 1 aliphatic rings. The Morgan fingerprint density at radius 3 is 2.57 bits per heavy atom. The van der Waals surface area contributed by atoms with Crippen LogP contribution in [-0.4, -0.2) is 37.5 Å². The lowest BCUT2D eigenvalue weighted by Gasteiger charge is -2.16. The topological polar surface area (TPSA) is 90.5 Å². The van der Waals surface area contributed by atoms with Crippen molar-refractivity contribution in [2.24, 2.45) is 0 Å². The lowest BCUT2D eigenvalue weighted by atomic mass is 10.2. The van der Waals surface area contributed by atoms with Crippen molar-refractivity contribution in [2.75, 3.05) is 29.9 Å². The molecule has 3 N–H and O–H groups in total. The van der Waals surface area contributed by atoms with Crippen molar-refractivity contribution in [2.45, 2.75) is 26.2 Å². The van der Waals surface area contributed by atoms with E-state index in [9.17, 15) is 14.4 Å². The molecule has 2 rings (SSSR count). The van der Waals surface area contributed by atoms with E-state index in [1.165, 1.54) is 0 Å². The Bertz CT molecular complexity index is 571. The lowest BCUT2D eigenvalue weighted by molar-refractivity contribution is -0.118. The van der Waals surface area contributed by atoms with Crippen LogP contribution < -0.4 is 20.9 Å². The van der Waals surface area contributed by atoms with Crippen LogP contribution in [0, 0.1) is 0 Å². The van der Waals surface area contributed by atoms with Crippen LogP contribution in [-0.2, 0) is 9.59 Å². The van der Waals surface area contributed by atoms with E-state index in [1.54, 1.807) is 4.90 Å². The van der Waals surface area contributed by atoms with Gasteiger partial charge in [0.1, 0.15) is 0 Å². The fraction of sp³-hybridized carbons (Fsp3) is 0.438. The fourth-order valence-electron chi connectivity index (χ4n) is 2.32. The minimum Gasteiger partial charge on any atom is -0.376 e. The first-order chi connectivity index (χ1) is 11.1. The number of urea groups is 1. The number of anilines is 2. The second-order valence-electron chi connectivity index (χ2n) is 5.35. The van der Waals surface area contributed by atoms with Crippen LogP contribution >= 0.6 is 0 Å². The maximum Gasteiger partial charge on any atom is 0.321 e. The Morgan fingerprint density at radius 1 is 1.22 bits per heavy atom. The lowest BCUT2D eigenvalue weighted by Crippen LogP contribution is -2.42. The molecule has 0 unspecified atom stereocenters. The molecule has 7 nitrogen and oxygen atoms in total. The number of imide groups is 1. The summed E-state index contributed by atoms with van der Waals surface area (Å²) in [6.07, 6.45) is 2.30.